The van der Waals surface area contributed by atoms with Crippen molar-refractivity contribution in [2.24, 2.45) is 0 Å². The smallest absolute Gasteiger partial charge is 0.258 e. The molecule has 2 amide bonds. The number of nitrogens with one attached hydrogen (secondary N) is 1. The van der Waals surface area contributed by atoms with Gasteiger partial charge in [0, 0.05) is 12.6 Å². The Labute approximate surface area is 148 Å². The van der Waals surface area contributed by atoms with Crippen LogP contribution >= 0.6 is 0 Å². The molecular weight excluding hydrogens is 344 g/mol. The zero-order chi connectivity index (χ0) is 18.4. The zero-order valence-corrected chi connectivity index (χ0v) is 15.3. The SMILES string of the molecule is CCN(C(=O)CNC(=O)COc1ccc(C)cc1)C1CCS(=O)(=O)C1. The van der Waals surface area contributed by atoms with E-state index < -0.39 is 15.7 Å². The second-order valence-corrected chi connectivity index (χ2v) is 8.34. The molecule has 25 heavy (non-hydrogen) atoms. The highest BCUT2D eigenvalue weighted by Crippen LogP contribution is 2.17. The maximum absolute atomic E-state index is 12.3. The molecule has 138 valence electrons. The van der Waals surface area contributed by atoms with Gasteiger partial charge in [0.25, 0.3) is 5.91 Å². The minimum absolute atomic E-state index is 0.00292. The van der Waals surface area contributed by atoms with E-state index in [2.05, 4.69) is 5.32 Å². The number of benzene rings is 1. The van der Waals surface area contributed by atoms with Crippen LogP contribution in [0.5, 0.6) is 5.75 Å². The van der Waals surface area contributed by atoms with Crippen molar-refractivity contribution in [3.63, 3.8) is 0 Å². The molecule has 8 heteroatoms. The number of likely N-dealkylation sites (N-methyl/N-ethyl adjacent to an activating group) is 1. The molecule has 0 spiro atoms. The third-order valence-electron chi connectivity index (χ3n) is 4.14. The van der Waals surface area contributed by atoms with Crippen LogP contribution in [-0.2, 0) is 19.4 Å². The van der Waals surface area contributed by atoms with Crippen LogP contribution in [0.4, 0.5) is 0 Å². The number of nitrogens with zero attached hydrogens (tertiary/aromatic N) is 1. The molecule has 1 unspecified atom stereocenters. The first-order valence-corrected chi connectivity index (χ1v) is 10.1. The highest BCUT2D eigenvalue weighted by molar-refractivity contribution is 7.91. The van der Waals surface area contributed by atoms with Gasteiger partial charge >= 0.3 is 0 Å². The number of carbonyl (C=O) groups excluding carboxylic acids is 2. The lowest BCUT2D eigenvalue weighted by molar-refractivity contribution is -0.134. The Morgan fingerprint density at radius 3 is 2.52 bits per heavy atom. The van der Waals surface area contributed by atoms with Crippen LogP contribution in [0.25, 0.3) is 0 Å². The molecule has 1 N–H and O–H groups in total. The van der Waals surface area contributed by atoms with Crippen LogP contribution in [-0.4, -0.2) is 62.4 Å². The average Bonchev–Trinajstić information content (AvgIpc) is 2.92. The van der Waals surface area contributed by atoms with Crippen molar-refractivity contribution < 1.29 is 22.7 Å². The largest absolute Gasteiger partial charge is 0.484 e. The fourth-order valence-electron chi connectivity index (χ4n) is 2.77. The number of aryl methyl sites for hydroxylation is 1. The average molecular weight is 368 g/mol. The fraction of sp³-hybridized carbons (Fsp3) is 0.529. The predicted octanol–water partition coefficient (Wildman–Crippen LogP) is 0.526. The minimum atomic E-state index is -3.06. The Bertz CT molecular complexity index is 715. The minimum Gasteiger partial charge on any atom is -0.484 e. The van der Waals surface area contributed by atoms with Crippen molar-refractivity contribution >= 4 is 21.7 Å². The first kappa shape index (κ1) is 19.2. The van der Waals surface area contributed by atoms with Gasteiger partial charge < -0.3 is 15.0 Å². The number of carbonyl (C=O) groups is 2. The summed E-state index contributed by atoms with van der Waals surface area (Å²) in [5, 5.41) is 2.52. The van der Waals surface area contributed by atoms with Crippen LogP contribution in [0, 0.1) is 6.92 Å². The summed E-state index contributed by atoms with van der Waals surface area (Å²) in [6.07, 6.45) is 0.451. The van der Waals surface area contributed by atoms with Crippen LogP contribution in [0.3, 0.4) is 0 Å². The number of ether oxygens (including phenoxy) is 1. The van der Waals surface area contributed by atoms with Crippen LogP contribution < -0.4 is 10.1 Å². The van der Waals surface area contributed by atoms with E-state index in [9.17, 15) is 18.0 Å². The Morgan fingerprint density at radius 2 is 1.96 bits per heavy atom. The van der Waals surface area contributed by atoms with E-state index in [1.165, 1.54) is 4.90 Å². The molecule has 1 atom stereocenters. The number of hydrogen-bond acceptors (Lipinski definition) is 5. The highest BCUT2D eigenvalue weighted by Gasteiger charge is 2.33. The molecule has 1 aromatic carbocycles. The monoisotopic (exact) mass is 368 g/mol. The summed E-state index contributed by atoms with van der Waals surface area (Å²) in [5.74, 6) is 0.00523. The molecule has 2 rings (SSSR count). The van der Waals surface area contributed by atoms with Gasteiger partial charge in [0.1, 0.15) is 5.75 Å². The number of amides is 2. The first-order valence-electron chi connectivity index (χ1n) is 8.27. The third-order valence-corrected chi connectivity index (χ3v) is 5.89. The van der Waals surface area contributed by atoms with E-state index in [-0.39, 0.29) is 36.6 Å². The highest BCUT2D eigenvalue weighted by atomic mass is 32.2. The van der Waals surface area contributed by atoms with Crippen LogP contribution in [0.2, 0.25) is 0 Å². The van der Waals surface area contributed by atoms with Gasteiger partial charge in [-0.2, -0.15) is 0 Å². The van der Waals surface area contributed by atoms with Crippen LogP contribution in [0.1, 0.15) is 18.9 Å². The predicted molar refractivity (Wildman–Crippen MR) is 94.1 cm³/mol. The molecule has 0 radical (unpaired) electrons. The van der Waals surface area contributed by atoms with Gasteiger partial charge in [-0.1, -0.05) is 17.7 Å². The van der Waals surface area contributed by atoms with Gasteiger partial charge in [0.05, 0.1) is 18.1 Å². The zero-order valence-electron chi connectivity index (χ0n) is 14.5. The topological polar surface area (TPSA) is 92.8 Å². The molecular formula is C17H24N2O5S. The van der Waals surface area contributed by atoms with Crippen molar-refractivity contribution in [1.82, 2.24) is 10.2 Å². The Balaban J connectivity index is 1.77. The molecule has 1 aromatic rings. The lowest BCUT2D eigenvalue weighted by Crippen LogP contribution is -2.46. The van der Waals surface area contributed by atoms with E-state index >= 15 is 0 Å². The standard InChI is InChI=1S/C17H24N2O5S/c1-3-19(14-8-9-25(22,23)12-14)17(21)10-18-16(20)11-24-15-6-4-13(2)5-7-15/h4-7,14H,3,8-12H2,1-2H3,(H,18,20). The summed E-state index contributed by atoms with van der Waals surface area (Å²) in [6.45, 7) is 3.82. The van der Waals surface area contributed by atoms with E-state index in [0.29, 0.717) is 18.7 Å². The maximum Gasteiger partial charge on any atom is 0.258 e. The maximum atomic E-state index is 12.3. The van der Waals surface area contributed by atoms with Crippen molar-refractivity contribution in [2.45, 2.75) is 26.3 Å². The molecule has 0 saturated carbocycles. The Morgan fingerprint density at radius 1 is 1.28 bits per heavy atom. The lowest BCUT2D eigenvalue weighted by Gasteiger charge is -2.26. The second-order valence-electron chi connectivity index (χ2n) is 6.12. The summed E-state index contributed by atoms with van der Waals surface area (Å²) in [6, 6.07) is 7.00. The van der Waals surface area contributed by atoms with E-state index in [1.54, 1.807) is 19.1 Å². The van der Waals surface area contributed by atoms with Crippen LogP contribution in [0.15, 0.2) is 24.3 Å². The lowest BCUT2D eigenvalue weighted by atomic mass is 10.2. The molecule has 0 aromatic heterocycles. The van der Waals surface area contributed by atoms with E-state index in [0.717, 1.165) is 5.56 Å². The van der Waals surface area contributed by atoms with Gasteiger partial charge in [-0.15, -0.1) is 0 Å². The van der Waals surface area contributed by atoms with E-state index in [1.807, 2.05) is 19.1 Å². The molecule has 0 bridgehead atoms. The van der Waals surface area contributed by atoms with Gasteiger partial charge in [-0.25, -0.2) is 8.42 Å². The number of hydrogen-bond donors (Lipinski definition) is 1. The summed E-state index contributed by atoms with van der Waals surface area (Å²) in [4.78, 5) is 25.6. The Kier molecular flexibility index (Phi) is 6.41. The molecule has 0 aliphatic carbocycles. The summed E-state index contributed by atoms with van der Waals surface area (Å²) in [7, 11) is -3.06. The first-order chi connectivity index (χ1) is 11.8. The van der Waals surface area contributed by atoms with Crippen molar-refractivity contribution in [2.75, 3.05) is 31.2 Å². The number of rotatable bonds is 7. The fourth-order valence-corrected chi connectivity index (χ4v) is 4.50. The molecule has 1 aliphatic rings. The second kappa shape index (κ2) is 8.33. The van der Waals surface area contributed by atoms with Gasteiger partial charge in [0.15, 0.2) is 16.4 Å². The van der Waals surface area contributed by atoms with Gasteiger partial charge in [-0.05, 0) is 32.4 Å². The molecule has 1 heterocycles. The van der Waals surface area contributed by atoms with Gasteiger partial charge in [0.2, 0.25) is 5.91 Å². The molecule has 1 fully saturated rings. The molecule has 1 saturated heterocycles. The van der Waals surface area contributed by atoms with E-state index in [4.69, 9.17) is 4.74 Å². The van der Waals surface area contributed by atoms with Crippen molar-refractivity contribution in [1.29, 1.82) is 0 Å². The normalized spacial score (nSPS) is 18.6. The van der Waals surface area contributed by atoms with Gasteiger partial charge in [-0.3, -0.25) is 9.59 Å². The van der Waals surface area contributed by atoms with Crippen molar-refractivity contribution in [3.05, 3.63) is 29.8 Å². The number of sulfone groups is 1. The Hall–Kier alpha value is -2.09. The third kappa shape index (κ3) is 5.74. The summed E-state index contributed by atoms with van der Waals surface area (Å²) in [5.41, 5.74) is 1.09. The molecule has 1 aliphatic heterocycles. The summed E-state index contributed by atoms with van der Waals surface area (Å²) < 4.78 is 28.5. The molecule has 7 nitrogen and oxygen atoms in total. The quantitative estimate of drug-likeness (QED) is 0.758. The van der Waals surface area contributed by atoms with Crippen molar-refractivity contribution in [3.8, 4) is 5.75 Å². The summed E-state index contributed by atoms with van der Waals surface area (Å²) >= 11 is 0.